The Morgan fingerprint density at radius 1 is 1.00 bits per heavy atom. The van der Waals surface area contributed by atoms with E-state index in [0.29, 0.717) is 17.8 Å². The molecule has 0 aliphatic heterocycles. The predicted molar refractivity (Wildman–Crippen MR) is 103 cm³/mol. The number of imidazole rings is 1. The Balaban J connectivity index is 2.02. The van der Waals surface area contributed by atoms with E-state index in [4.69, 9.17) is 11.6 Å². The van der Waals surface area contributed by atoms with Crippen molar-refractivity contribution in [3.05, 3.63) is 84.0 Å². The van der Waals surface area contributed by atoms with Gasteiger partial charge in [-0.2, -0.15) is 13.2 Å². The third kappa shape index (κ3) is 3.24. The topological polar surface area (TPSA) is 30.7 Å². The molecule has 3 nitrogen and oxygen atoms in total. The lowest BCUT2D eigenvalue weighted by molar-refractivity contribution is -0.137. The number of halogens is 4. The van der Waals surface area contributed by atoms with Gasteiger partial charge >= 0.3 is 6.18 Å². The molecule has 0 aliphatic rings. The molecule has 4 rings (SSSR count). The van der Waals surface area contributed by atoms with Crippen LogP contribution in [0.5, 0.6) is 0 Å². The monoisotopic (exact) mass is 400 g/mol. The van der Waals surface area contributed by atoms with Crippen molar-refractivity contribution >= 4 is 22.6 Å². The molecule has 0 unspecified atom stereocenters. The summed E-state index contributed by atoms with van der Waals surface area (Å²) in [6.07, 6.45) is -0.692. The van der Waals surface area contributed by atoms with E-state index in [1.54, 1.807) is 29.1 Å². The van der Waals surface area contributed by atoms with Crippen LogP contribution in [0.3, 0.4) is 0 Å². The Hall–Kier alpha value is -2.86. The fourth-order valence-corrected chi connectivity index (χ4v) is 3.35. The second-order valence-corrected chi connectivity index (χ2v) is 6.65. The third-order valence-electron chi connectivity index (χ3n) is 4.47. The molecule has 1 radical (unpaired) electrons. The van der Waals surface area contributed by atoms with E-state index in [9.17, 15) is 13.2 Å². The summed E-state index contributed by atoms with van der Waals surface area (Å²) in [6, 6.07) is 13.4. The summed E-state index contributed by atoms with van der Waals surface area (Å²) in [6.45, 7) is 3.86. The van der Waals surface area contributed by atoms with Crippen LogP contribution in [0.1, 0.15) is 11.1 Å². The Morgan fingerprint density at radius 2 is 1.68 bits per heavy atom. The van der Waals surface area contributed by atoms with E-state index in [0.717, 1.165) is 22.9 Å². The molecule has 0 bridgehead atoms. The quantitative estimate of drug-likeness (QED) is 0.413. The largest absolute Gasteiger partial charge is 0.417 e. The number of pyridine rings is 1. The highest BCUT2D eigenvalue weighted by molar-refractivity contribution is 6.32. The van der Waals surface area contributed by atoms with Gasteiger partial charge in [0.05, 0.1) is 21.6 Å². The molecule has 2 aromatic carbocycles. The summed E-state index contributed by atoms with van der Waals surface area (Å²) in [5.41, 5.74) is 2.35. The van der Waals surface area contributed by atoms with Crippen LogP contribution in [0.15, 0.2) is 60.9 Å². The van der Waals surface area contributed by atoms with Gasteiger partial charge in [0.15, 0.2) is 0 Å². The Morgan fingerprint density at radius 3 is 2.29 bits per heavy atom. The molecular weight excluding hydrogens is 387 g/mol. The fourth-order valence-electron chi connectivity index (χ4n) is 3.08. The van der Waals surface area contributed by atoms with E-state index < -0.39 is 11.7 Å². The highest BCUT2D eigenvalue weighted by Crippen LogP contribution is 2.39. The van der Waals surface area contributed by atoms with Gasteiger partial charge in [-0.1, -0.05) is 23.7 Å². The highest BCUT2D eigenvalue weighted by Gasteiger charge is 2.34. The molecule has 0 saturated heterocycles. The van der Waals surface area contributed by atoms with E-state index >= 15 is 0 Å². The van der Waals surface area contributed by atoms with Crippen molar-refractivity contribution in [1.82, 2.24) is 14.5 Å². The highest BCUT2D eigenvalue weighted by atomic mass is 35.5. The van der Waals surface area contributed by atoms with E-state index in [2.05, 4.69) is 16.9 Å². The maximum atomic E-state index is 13.3. The van der Waals surface area contributed by atoms with Gasteiger partial charge in [0.25, 0.3) is 0 Å². The summed E-state index contributed by atoms with van der Waals surface area (Å²) in [4.78, 5) is 8.48. The van der Waals surface area contributed by atoms with E-state index in [1.807, 2.05) is 24.3 Å². The average Bonchev–Trinajstić information content (AvgIpc) is 3.05. The van der Waals surface area contributed by atoms with Crippen molar-refractivity contribution in [3.8, 4) is 17.1 Å². The summed E-state index contributed by atoms with van der Waals surface area (Å²) in [7, 11) is 0. The van der Waals surface area contributed by atoms with Crippen LogP contribution in [0.2, 0.25) is 5.02 Å². The maximum absolute atomic E-state index is 13.3. The molecule has 0 saturated carbocycles. The molecule has 4 aromatic rings. The molecule has 28 heavy (non-hydrogen) atoms. The molecule has 0 fully saturated rings. The van der Waals surface area contributed by atoms with Crippen LogP contribution in [0.4, 0.5) is 13.2 Å². The van der Waals surface area contributed by atoms with E-state index in [-0.39, 0.29) is 10.5 Å². The zero-order chi connectivity index (χ0) is 19.9. The van der Waals surface area contributed by atoms with Crippen LogP contribution in [-0.4, -0.2) is 14.5 Å². The van der Waals surface area contributed by atoms with Gasteiger partial charge in [0, 0.05) is 23.6 Å². The van der Waals surface area contributed by atoms with Crippen LogP contribution in [-0.2, 0) is 12.6 Å². The maximum Gasteiger partial charge on any atom is 0.417 e. The Bertz CT molecular complexity index is 1130. The molecule has 0 atom stereocenters. The lowest BCUT2D eigenvalue weighted by Crippen LogP contribution is -2.06. The van der Waals surface area contributed by atoms with Crippen LogP contribution >= 0.6 is 11.6 Å². The molecule has 2 aromatic heterocycles. The van der Waals surface area contributed by atoms with Crippen molar-refractivity contribution in [2.75, 3.05) is 0 Å². The van der Waals surface area contributed by atoms with Gasteiger partial charge < -0.3 is 0 Å². The standard InChI is InChI=1S/C21H14ClF3N3/c1-2-13-3-5-15(6-4-13)28-19-12-17(22)16(21(23,24)25)11-18(19)27-20(28)14-7-9-26-10-8-14/h3-12H,1-2H2. The number of benzene rings is 2. The average molecular weight is 401 g/mol. The van der Waals surface area contributed by atoms with Crippen molar-refractivity contribution < 1.29 is 13.2 Å². The SMILES string of the molecule is [CH2]Cc1ccc(-n2c(-c3ccncc3)nc3cc(C(F)(F)F)c(Cl)cc32)cc1. The minimum absolute atomic E-state index is 0.213. The summed E-state index contributed by atoms with van der Waals surface area (Å²) < 4.78 is 41.6. The number of alkyl halides is 3. The Kier molecular flexibility index (Phi) is 4.59. The number of nitrogens with zero attached hydrogens (tertiary/aromatic N) is 3. The molecule has 7 heteroatoms. The lowest BCUT2D eigenvalue weighted by atomic mass is 10.1. The van der Waals surface area contributed by atoms with Gasteiger partial charge in [-0.3, -0.25) is 9.55 Å². The molecule has 0 N–H and O–H groups in total. The zero-order valence-corrected chi connectivity index (χ0v) is 15.3. The third-order valence-corrected chi connectivity index (χ3v) is 4.78. The minimum Gasteiger partial charge on any atom is -0.292 e. The number of aromatic nitrogens is 3. The molecule has 2 heterocycles. The summed E-state index contributed by atoms with van der Waals surface area (Å²) in [5, 5.41) is -0.364. The smallest absolute Gasteiger partial charge is 0.292 e. The van der Waals surface area contributed by atoms with Gasteiger partial charge in [-0.25, -0.2) is 4.98 Å². The number of hydrogen-bond donors (Lipinski definition) is 0. The predicted octanol–water partition coefficient (Wildman–Crippen LogP) is 6.14. The first kappa shape index (κ1) is 18.5. The van der Waals surface area contributed by atoms with Crippen LogP contribution in [0.25, 0.3) is 28.1 Å². The zero-order valence-electron chi connectivity index (χ0n) is 14.5. The second kappa shape index (κ2) is 6.95. The first-order valence-corrected chi connectivity index (χ1v) is 8.84. The number of fused-ring (bicyclic) bond motifs is 1. The molecule has 0 aliphatic carbocycles. The number of rotatable bonds is 3. The van der Waals surface area contributed by atoms with E-state index in [1.165, 1.54) is 6.07 Å². The van der Waals surface area contributed by atoms with Crippen LogP contribution < -0.4 is 0 Å². The molecule has 0 spiro atoms. The normalized spacial score (nSPS) is 11.9. The first-order chi connectivity index (χ1) is 13.4. The number of hydrogen-bond acceptors (Lipinski definition) is 2. The summed E-state index contributed by atoms with van der Waals surface area (Å²) in [5.74, 6) is 0.509. The second-order valence-electron chi connectivity index (χ2n) is 6.24. The van der Waals surface area contributed by atoms with Gasteiger partial charge in [-0.15, -0.1) is 0 Å². The first-order valence-electron chi connectivity index (χ1n) is 8.46. The van der Waals surface area contributed by atoms with Crippen molar-refractivity contribution in [2.24, 2.45) is 0 Å². The summed E-state index contributed by atoms with van der Waals surface area (Å²) >= 11 is 5.97. The minimum atomic E-state index is -4.55. The molecule has 0 amide bonds. The van der Waals surface area contributed by atoms with Crippen molar-refractivity contribution in [3.63, 3.8) is 0 Å². The molecular formula is C21H14ClF3N3. The van der Waals surface area contributed by atoms with Crippen molar-refractivity contribution in [2.45, 2.75) is 12.6 Å². The van der Waals surface area contributed by atoms with Gasteiger partial charge in [0.2, 0.25) is 0 Å². The van der Waals surface area contributed by atoms with Gasteiger partial charge in [0.1, 0.15) is 5.82 Å². The molecule has 141 valence electrons. The lowest BCUT2D eigenvalue weighted by Gasteiger charge is -2.12. The van der Waals surface area contributed by atoms with Crippen molar-refractivity contribution in [1.29, 1.82) is 0 Å². The van der Waals surface area contributed by atoms with Crippen LogP contribution in [0, 0.1) is 6.92 Å². The van der Waals surface area contributed by atoms with Gasteiger partial charge in [-0.05, 0) is 55.3 Å². The fraction of sp³-hybridized carbons (Fsp3) is 0.0952. The Labute approximate surface area is 164 Å².